The van der Waals surface area contributed by atoms with E-state index < -0.39 is 22.6 Å². The summed E-state index contributed by atoms with van der Waals surface area (Å²) in [6.07, 6.45) is 3.76. The summed E-state index contributed by atoms with van der Waals surface area (Å²) >= 11 is 11.7. The maximum atomic E-state index is 13.9. The van der Waals surface area contributed by atoms with Gasteiger partial charge in [-0.15, -0.1) is 11.8 Å². The van der Waals surface area contributed by atoms with E-state index in [1.54, 1.807) is 29.7 Å². The number of para-hydroxylation sites is 1. The number of aliphatic hydroxyl groups is 1. The average Bonchev–Trinajstić information content (AvgIpc) is 3.40. The van der Waals surface area contributed by atoms with Crippen LogP contribution >= 0.6 is 39.3 Å². The molecule has 3 aliphatic rings. The Labute approximate surface area is 223 Å². The third-order valence-electron chi connectivity index (χ3n) is 7.37. The van der Waals surface area contributed by atoms with Crippen molar-refractivity contribution in [3.63, 3.8) is 0 Å². The van der Waals surface area contributed by atoms with E-state index >= 15 is 0 Å². The van der Waals surface area contributed by atoms with Gasteiger partial charge in [-0.1, -0.05) is 52.5 Å². The number of rotatable bonds is 10. The highest BCUT2D eigenvalue weighted by Crippen LogP contribution is 2.68. The van der Waals surface area contributed by atoms with Crippen molar-refractivity contribution in [3.8, 4) is 0 Å². The number of benzene rings is 1. The van der Waals surface area contributed by atoms with Crippen LogP contribution in [0.25, 0.3) is 0 Å². The van der Waals surface area contributed by atoms with Gasteiger partial charge in [0.2, 0.25) is 11.8 Å². The minimum absolute atomic E-state index is 0.00723. The molecule has 2 amide bonds. The first-order valence-electron chi connectivity index (χ1n) is 12.2. The first-order valence-corrected chi connectivity index (χ1v) is 14.4. The number of nitrogens with one attached hydrogen (secondary N) is 1. The quantitative estimate of drug-likeness (QED) is 0.242. The van der Waals surface area contributed by atoms with E-state index in [0.717, 1.165) is 24.8 Å². The van der Waals surface area contributed by atoms with Crippen LogP contribution in [0.5, 0.6) is 0 Å². The van der Waals surface area contributed by atoms with Gasteiger partial charge in [0.25, 0.3) is 0 Å². The molecule has 0 radical (unpaired) electrons. The van der Waals surface area contributed by atoms with Gasteiger partial charge in [-0.05, 0) is 44.7 Å². The maximum Gasteiger partial charge on any atom is 0.310 e. The van der Waals surface area contributed by atoms with E-state index in [4.69, 9.17) is 21.4 Å². The normalized spacial score (nSPS) is 31.1. The number of anilines is 1. The third kappa shape index (κ3) is 4.74. The van der Waals surface area contributed by atoms with Crippen molar-refractivity contribution in [3.05, 3.63) is 28.8 Å². The molecule has 4 rings (SSSR count). The zero-order valence-corrected chi connectivity index (χ0v) is 23.1. The molecule has 1 aromatic rings. The van der Waals surface area contributed by atoms with Gasteiger partial charge in [-0.3, -0.25) is 14.4 Å². The number of nitrogens with zero attached hydrogens (tertiary/aromatic N) is 1. The highest BCUT2D eigenvalue weighted by Gasteiger charge is 2.75. The van der Waals surface area contributed by atoms with Gasteiger partial charge in [-0.2, -0.15) is 0 Å². The second-order valence-electron chi connectivity index (χ2n) is 9.51. The van der Waals surface area contributed by atoms with E-state index in [2.05, 4.69) is 21.2 Å². The Balaban J connectivity index is 1.67. The molecule has 6 atom stereocenters. The van der Waals surface area contributed by atoms with Crippen LogP contribution in [0.1, 0.15) is 44.6 Å². The molecule has 3 unspecified atom stereocenters. The SMILES string of the molecule is CCOC(=O)[C@H]1[C@@H]2SC3(CC2Br)C(C(=O)Nc2c(C)cccc2Cl)N(CCCCCCO)C(=O)[C@H]13. The fraction of sp³-hybridized carbons (Fsp3) is 0.640. The van der Waals surface area contributed by atoms with Gasteiger partial charge in [0, 0.05) is 23.2 Å². The summed E-state index contributed by atoms with van der Waals surface area (Å²) in [6, 6.07) is 4.71. The summed E-state index contributed by atoms with van der Waals surface area (Å²) < 4.78 is 4.67. The Bertz CT molecular complexity index is 976. The van der Waals surface area contributed by atoms with Crippen molar-refractivity contribution in [1.82, 2.24) is 4.90 Å². The number of unbranched alkanes of at least 4 members (excludes halogenated alkanes) is 3. The van der Waals surface area contributed by atoms with Crippen molar-refractivity contribution >= 4 is 62.8 Å². The molecule has 0 aromatic heterocycles. The van der Waals surface area contributed by atoms with Crippen molar-refractivity contribution in [1.29, 1.82) is 0 Å². The first kappa shape index (κ1) is 26.8. The number of hydrogen-bond acceptors (Lipinski definition) is 6. The lowest BCUT2D eigenvalue weighted by Gasteiger charge is -2.35. The van der Waals surface area contributed by atoms with Crippen molar-refractivity contribution in [2.24, 2.45) is 11.8 Å². The molecular weight excluding hydrogens is 556 g/mol. The minimum atomic E-state index is -0.719. The van der Waals surface area contributed by atoms with E-state index in [-0.39, 0.29) is 41.1 Å². The smallest absolute Gasteiger partial charge is 0.310 e. The molecule has 2 N–H and O–H groups in total. The van der Waals surface area contributed by atoms with E-state index in [9.17, 15) is 14.4 Å². The second kappa shape index (κ2) is 11.0. The number of likely N-dealkylation sites (tertiary alicyclic amines) is 1. The number of halogens is 2. The highest BCUT2D eigenvalue weighted by molar-refractivity contribution is 9.09. The van der Waals surface area contributed by atoms with Crippen LogP contribution in [0.4, 0.5) is 5.69 Å². The van der Waals surface area contributed by atoms with Gasteiger partial charge in [0.05, 0.1) is 33.9 Å². The summed E-state index contributed by atoms with van der Waals surface area (Å²) in [4.78, 5) is 42.5. The molecule has 3 heterocycles. The number of carbonyl (C=O) groups excluding carboxylic acids is 3. The van der Waals surface area contributed by atoms with Gasteiger partial charge < -0.3 is 20.1 Å². The lowest BCUT2D eigenvalue weighted by molar-refractivity contribution is -0.153. The number of carbonyl (C=O) groups is 3. The Kier molecular flexibility index (Phi) is 8.40. The van der Waals surface area contributed by atoms with Crippen LogP contribution in [0.15, 0.2) is 18.2 Å². The lowest BCUT2D eigenvalue weighted by atomic mass is 9.71. The molecule has 2 bridgehead atoms. The molecule has 7 nitrogen and oxygen atoms in total. The Morgan fingerprint density at radius 1 is 1.31 bits per heavy atom. The molecule has 1 spiro atoms. The molecule has 192 valence electrons. The largest absolute Gasteiger partial charge is 0.466 e. The van der Waals surface area contributed by atoms with Crippen LogP contribution in [-0.2, 0) is 19.1 Å². The van der Waals surface area contributed by atoms with Gasteiger partial charge in [0.1, 0.15) is 6.04 Å². The lowest BCUT2D eigenvalue weighted by Crippen LogP contribution is -2.52. The molecule has 3 saturated heterocycles. The first-order chi connectivity index (χ1) is 16.8. The van der Waals surface area contributed by atoms with E-state index in [0.29, 0.717) is 30.1 Å². The minimum Gasteiger partial charge on any atom is -0.466 e. The van der Waals surface area contributed by atoms with Crippen LogP contribution in [-0.4, -0.2) is 68.4 Å². The molecule has 0 aliphatic carbocycles. The van der Waals surface area contributed by atoms with Crippen molar-refractivity contribution < 1.29 is 24.2 Å². The van der Waals surface area contributed by atoms with Crippen LogP contribution in [0.3, 0.4) is 0 Å². The molecule has 0 saturated carbocycles. The van der Waals surface area contributed by atoms with Crippen LogP contribution in [0, 0.1) is 18.8 Å². The van der Waals surface area contributed by atoms with Gasteiger partial charge in [-0.25, -0.2) is 0 Å². The van der Waals surface area contributed by atoms with Crippen LogP contribution in [0.2, 0.25) is 5.02 Å². The zero-order chi connectivity index (χ0) is 25.3. The molecule has 1 aromatic carbocycles. The number of aliphatic hydroxyl groups excluding tert-OH is 1. The number of thioether (sulfide) groups is 1. The van der Waals surface area contributed by atoms with E-state index in [1.165, 1.54) is 0 Å². The summed E-state index contributed by atoms with van der Waals surface area (Å²) in [5.74, 6) is -1.95. The Hall–Kier alpha value is -1.29. The predicted molar refractivity (Wildman–Crippen MR) is 141 cm³/mol. The fourth-order valence-electron chi connectivity index (χ4n) is 5.91. The van der Waals surface area contributed by atoms with Gasteiger partial charge >= 0.3 is 5.97 Å². The average molecular weight is 588 g/mol. The summed E-state index contributed by atoms with van der Waals surface area (Å²) in [7, 11) is 0. The predicted octanol–water partition coefficient (Wildman–Crippen LogP) is 4.17. The number of fused-ring (bicyclic) bond motifs is 1. The summed E-state index contributed by atoms with van der Waals surface area (Å²) in [6.45, 7) is 4.45. The molecular formula is C25H32BrClN2O5S. The Morgan fingerprint density at radius 3 is 2.74 bits per heavy atom. The topological polar surface area (TPSA) is 95.9 Å². The van der Waals surface area contributed by atoms with Crippen molar-refractivity contribution in [2.45, 2.75) is 66.8 Å². The molecule has 35 heavy (non-hydrogen) atoms. The monoisotopic (exact) mass is 586 g/mol. The standard InChI is InChI=1S/C25H32BrClN2O5S/c1-3-34-24(33)17-18-23(32)29(11-6-4-5-7-12-30)21(25(18)13-15(26)20(17)35-25)22(31)28-19-14(2)9-8-10-16(19)27/h8-10,15,17-18,20-21,30H,3-7,11-13H2,1-2H3,(H,28,31)/t15?,17-,18+,20-,21?,25?/m1/s1. The van der Waals surface area contributed by atoms with E-state index in [1.807, 2.05) is 19.1 Å². The number of alkyl halides is 1. The summed E-state index contributed by atoms with van der Waals surface area (Å²) in [5, 5.41) is 12.4. The van der Waals surface area contributed by atoms with Crippen LogP contribution < -0.4 is 5.32 Å². The molecule has 3 fully saturated rings. The highest BCUT2D eigenvalue weighted by atomic mass is 79.9. The number of aryl methyl sites for hydroxylation is 1. The third-order valence-corrected chi connectivity index (χ3v) is 10.9. The number of ether oxygens (including phenoxy) is 1. The van der Waals surface area contributed by atoms with Crippen molar-refractivity contribution in [2.75, 3.05) is 25.1 Å². The van der Waals surface area contributed by atoms with Gasteiger partial charge in [0.15, 0.2) is 0 Å². The second-order valence-corrected chi connectivity index (χ2v) is 12.6. The summed E-state index contributed by atoms with van der Waals surface area (Å²) in [5.41, 5.74) is 1.38. The number of amides is 2. The maximum absolute atomic E-state index is 13.9. The fourth-order valence-corrected chi connectivity index (χ4v) is 9.78. The Morgan fingerprint density at radius 2 is 2.06 bits per heavy atom. The molecule has 10 heteroatoms. The zero-order valence-electron chi connectivity index (χ0n) is 20.0. The number of hydrogen-bond donors (Lipinski definition) is 2. The number of esters is 1. The molecule has 3 aliphatic heterocycles.